The molecule has 0 bridgehead atoms. The fourth-order valence-corrected chi connectivity index (χ4v) is 3.57. The standard InChI is InChI=1S/C20H18FN5O/c21-17-12-26(19(27)14-7-5-13(11-22)6-8-14)10-9-20(17)24-16-4-2-1-3-15(16)18(23)25-20/h1-8,17,24H,9-10,12H2,(H2,23,25). The van der Waals surface area contributed by atoms with Crippen molar-refractivity contribution in [2.75, 3.05) is 18.4 Å². The first-order valence-electron chi connectivity index (χ1n) is 8.69. The molecule has 136 valence electrons. The van der Waals surface area contributed by atoms with Crippen LogP contribution in [0, 0.1) is 11.3 Å². The third kappa shape index (κ3) is 2.89. The second kappa shape index (κ2) is 6.40. The van der Waals surface area contributed by atoms with Gasteiger partial charge in [0.25, 0.3) is 5.91 Å². The molecule has 2 aliphatic heterocycles. The number of piperidine rings is 1. The number of hydrogen-bond donors (Lipinski definition) is 2. The quantitative estimate of drug-likeness (QED) is 0.813. The van der Waals surface area contributed by atoms with E-state index in [1.165, 1.54) is 4.90 Å². The highest BCUT2D eigenvalue weighted by Crippen LogP contribution is 2.36. The molecular formula is C20H18FN5O. The van der Waals surface area contributed by atoms with Crippen LogP contribution in [0.3, 0.4) is 0 Å². The number of nitrogens with zero attached hydrogens (tertiary/aromatic N) is 3. The predicted octanol–water partition coefficient (Wildman–Crippen LogP) is 2.27. The summed E-state index contributed by atoms with van der Waals surface area (Å²) >= 11 is 0. The zero-order chi connectivity index (χ0) is 19.0. The lowest BCUT2D eigenvalue weighted by Gasteiger charge is -2.44. The van der Waals surface area contributed by atoms with Crippen molar-refractivity contribution in [1.82, 2.24) is 4.90 Å². The fraction of sp³-hybridized carbons (Fsp3) is 0.250. The first-order valence-corrected chi connectivity index (χ1v) is 8.69. The van der Waals surface area contributed by atoms with Crippen molar-refractivity contribution in [2.45, 2.75) is 18.3 Å². The molecule has 0 aromatic heterocycles. The Morgan fingerprint density at radius 2 is 2.04 bits per heavy atom. The van der Waals surface area contributed by atoms with Gasteiger partial charge in [0.15, 0.2) is 11.8 Å². The number of nitriles is 1. The van der Waals surface area contributed by atoms with E-state index < -0.39 is 11.8 Å². The molecule has 0 saturated carbocycles. The van der Waals surface area contributed by atoms with E-state index in [9.17, 15) is 4.79 Å². The molecule has 0 aliphatic carbocycles. The lowest BCUT2D eigenvalue weighted by atomic mass is 9.91. The van der Waals surface area contributed by atoms with Crippen molar-refractivity contribution in [1.29, 1.82) is 5.26 Å². The number of fused-ring (bicyclic) bond motifs is 1. The summed E-state index contributed by atoms with van der Waals surface area (Å²) in [5.74, 6) is 0.0454. The summed E-state index contributed by atoms with van der Waals surface area (Å²) in [6.07, 6.45) is -1.09. The molecule has 2 aromatic rings. The van der Waals surface area contributed by atoms with E-state index in [2.05, 4.69) is 10.3 Å². The van der Waals surface area contributed by atoms with Gasteiger partial charge in [-0.05, 0) is 36.4 Å². The number of likely N-dealkylation sites (tertiary alicyclic amines) is 1. The molecule has 4 rings (SSSR count). The molecule has 2 atom stereocenters. The number of benzene rings is 2. The minimum Gasteiger partial charge on any atom is -0.383 e. The van der Waals surface area contributed by atoms with Gasteiger partial charge in [-0.2, -0.15) is 5.26 Å². The van der Waals surface area contributed by atoms with Gasteiger partial charge in [-0.25, -0.2) is 9.38 Å². The smallest absolute Gasteiger partial charge is 0.253 e. The molecule has 27 heavy (non-hydrogen) atoms. The van der Waals surface area contributed by atoms with Crippen LogP contribution >= 0.6 is 0 Å². The number of aliphatic imine (C=N–C) groups is 1. The summed E-state index contributed by atoms with van der Waals surface area (Å²) in [5, 5.41) is 12.0. The summed E-state index contributed by atoms with van der Waals surface area (Å²) in [7, 11) is 0. The lowest BCUT2D eigenvalue weighted by Crippen LogP contribution is -2.59. The average molecular weight is 363 g/mol. The Morgan fingerprint density at radius 3 is 2.74 bits per heavy atom. The van der Waals surface area contributed by atoms with Crippen molar-refractivity contribution in [3.63, 3.8) is 0 Å². The zero-order valence-electron chi connectivity index (χ0n) is 14.5. The highest BCUT2D eigenvalue weighted by Gasteiger charge is 2.47. The van der Waals surface area contributed by atoms with Crippen LogP contribution in [0.25, 0.3) is 0 Å². The summed E-state index contributed by atoms with van der Waals surface area (Å²) < 4.78 is 15.2. The molecule has 3 N–H and O–H groups in total. The van der Waals surface area contributed by atoms with Crippen molar-refractivity contribution in [2.24, 2.45) is 10.7 Å². The van der Waals surface area contributed by atoms with E-state index in [-0.39, 0.29) is 12.5 Å². The van der Waals surface area contributed by atoms with Gasteiger partial charge >= 0.3 is 0 Å². The normalized spacial score (nSPS) is 23.8. The van der Waals surface area contributed by atoms with Gasteiger partial charge < -0.3 is 16.0 Å². The molecule has 0 radical (unpaired) electrons. The summed E-state index contributed by atoms with van der Waals surface area (Å²) in [6, 6.07) is 15.7. The third-order valence-electron chi connectivity index (χ3n) is 5.08. The molecule has 2 unspecified atom stereocenters. The molecule has 1 amide bonds. The number of amidine groups is 1. The van der Waals surface area contributed by atoms with Crippen LogP contribution in [0.15, 0.2) is 53.5 Å². The number of carbonyl (C=O) groups excluding carboxylic acids is 1. The monoisotopic (exact) mass is 363 g/mol. The predicted molar refractivity (Wildman–Crippen MR) is 100 cm³/mol. The topological polar surface area (TPSA) is 94.5 Å². The van der Waals surface area contributed by atoms with Crippen LogP contribution in [0.2, 0.25) is 0 Å². The fourth-order valence-electron chi connectivity index (χ4n) is 3.57. The van der Waals surface area contributed by atoms with Crippen molar-refractivity contribution in [3.05, 3.63) is 65.2 Å². The number of halogens is 1. The Hall–Kier alpha value is -3.40. The SMILES string of the molecule is N#Cc1ccc(C(=O)N2CCC3(N=C(N)c4ccccc4N3)C(F)C2)cc1. The average Bonchev–Trinajstić information content (AvgIpc) is 2.70. The molecule has 7 heteroatoms. The highest BCUT2D eigenvalue weighted by molar-refractivity contribution is 6.04. The van der Waals surface area contributed by atoms with Gasteiger partial charge in [0.2, 0.25) is 0 Å². The van der Waals surface area contributed by atoms with Gasteiger partial charge in [-0.3, -0.25) is 4.79 Å². The second-order valence-electron chi connectivity index (χ2n) is 6.75. The van der Waals surface area contributed by atoms with Crippen molar-refractivity contribution < 1.29 is 9.18 Å². The maximum atomic E-state index is 15.2. The molecule has 1 spiro atoms. The van der Waals surface area contributed by atoms with E-state index in [0.717, 1.165) is 11.3 Å². The summed E-state index contributed by atoms with van der Waals surface area (Å²) in [5.41, 5.74) is 7.32. The Labute approximate surface area is 156 Å². The Bertz CT molecular complexity index is 965. The van der Waals surface area contributed by atoms with Gasteiger partial charge in [0.1, 0.15) is 5.84 Å². The largest absolute Gasteiger partial charge is 0.383 e. The Kier molecular flexibility index (Phi) is 4.04. The van der Waals surface area contributed by atoms with E-state index >= 15 is 4.39 Å². The van der Waals surface area contributed by atoms with E-state index in [4.69, 9.17) is 11.0 Å². The molecular weight excluding hydrogens is 345 g/mol. The first kappa shape index (κ1) is 17.0. The van der Waals surface area contributed by atoms with E-state index in [0.29, 0.717) is 29.9 Å². The van der Waals surface area contributed by atoms with Crippen LogP contribution in [-0.2, 0) is 0 Å². The summed E-state index contributed by atoms with van der Waals surface area (Å²) in [4.78, 5) is 18.6. The second-order valence-corrected chi connectivity index (χ2v) is 6.75. The van der Waals surface area contributed by atoms with Gasteiger partial charge in [-0.15, -0.1) is 0 Å². The highest BCUT2D eigenvalue weighted by atomic mass is 19.1. The minimum absolute atomic E-state index is 0.0786. The molecule has 1 fully saturated rings. The number of nitrogens with one attached hydrogen (secondary N) is 1. The number of nitrogens with two attached hydrogens (primary N) is 1. The number of rotatable bonds is 1. The summed E-state index contributed by atoms with van der Waals surface area (Å²) in [6.45, 7) is 0.274. The van der Waals surface area contributed by atoms with Crippen LogP contribution in [0.5, 0.6) is 0 Å². The van der Waals surface area contributed by atoms with Crippen molar-refractivity contribution >= 4 is 17.4 Å². The van der Waals surface area contributed by atoms with Crippen molar-refractivity contribution in [3.8, 4) is 6.07 Å². The Morgan fingerprint density at radius 1 is 1.30 bits per heavy atom. The maximum Gasteiger partial charge on any atom is 0.253 e. The van der Waals surface area contributed by atoms with Gasteiger partial charge in [0.05, 0.1) is 18.2 Å². The van der Waals surface area contributed by atoms with Crippen LogP contribution in [-0.4, -0.2) is 41.6 Å². The molecule has 2 aliphatic rings. The number of para-hydroxylation sites is 1. The number of amides is 1. The Balaban J connectivity index is 1.54. The van der Waals surface area contributed by atoms with E-state index in [1.54, 1.807) is 24.3 Å². The lowest BCUT2D eigenvalue weighted by molar-refractivity contribution is 0.0494. The third-order valence-corrected chi connectivity index (χ3v) is 5.08. The van der Waals surface area contributed by atoms with E-state index in [1.807, 2.05) is 30.3 Å². The number of alkyl halides is 1. The zero-order valence-corrected chi connectivity index (χ0v) is 14.5. The van der Waals surface area contributed by atoms with Gasteiger partial charge in [0, 0.05) is 29.8 Å². The van der Waals surface area contributed by atoms with Crippen LogP contribution < -0.4 is 11.1 Å². The van der Waals surface area contributed by atoms with Crippen LogP contribution in [0.4, 0.5) is 10.1 Å². The molecule has 1 saturated heterocycles. The number of carbonyl (C=O) groups is 1. The minimum atomic E-state index is -1.40. The molecule has 6 nitrogen and oxygen atoms in total. The van der Waals surface area contributed by atoms with Crippen LogP contribution in [0.1, 0.15) is 27.9 Å². The number of anilines is 1. The first-order chi connectivity index (χ1) is 13.0. The number of hydrogen-bond acceptors (Lipinski definition) is 5. The van der Waals surface area contributed by atoms with Gasteiger partial charge in [-0.1, -0.05) is 12.1 Å². The molecule has 2 aromatic carbocycles. The molecule has 2 heterocycles. The maximum absolute atomic E-state index is 15.2.